The third-order valence-corrected chi connectivity index (χ3v) is 5.37. The number of halogens is 1. The number of benzene rings is 2. The lowest BCUT2D eigenvalue weighted by molar-refractivity contribution is -0.128. The molecule has 0 bridgehead atoms. The molecule has 5 rings (SSSR count). The number of piperazine rings is 1. The first-order chi connectivity index (χ1) is 15.1. The van der Waals surface area contributed by atoms with Gasteiger partial charge in [0.15, 0.2) is 11.5 Å². The highest BCUT2D eigenvalue weighted by Crippen LogP contribution is 2.35. The lowest BCUT2D eigenvalue weighted by Crippen LogP contribution is -2.57. The summed E-state index contributed by atoms with van der Waals surface area (Å²) in [5.41, 5.74) is 0.800. The molecule has 31 heavy (non-hydrogen) atoms. The summed E-state index contributed by atoms with van der Waals surface area (Å²) in [5, 5.41) is 6.68. The molecule has 1 N–H and O–H groups in total. The fourth-order valence-corrected chi connectivity index (χ4v) is 3.52. The minimum atomic E-state index is -0.445. The topological polar surface area (TPSA) is 75.4 Å². The second-order valence-corrected chi connectivity index (χ2v) is 7.72. The SMILES string of the molecule is O=C1NCCN(C(=O)c2cc(-c3ccc(F)cc3)on2)C1CC1CC1.c1ccccc1. The Bertz CT molecular complexity index is 989. The van der Waals surface area contributed by atoms with Gasteiger partial charge >= 0.3 is 0 Å². The van der Waals surface area contributed by atoms with Crippen molar-refractivity contribution in [3.8, 4) is 11.3 Å². The van der Waals surface area contributed by atoms with Crippen molar-refractivity contribution in [3.05, 3.63) is 78.2 Å². The van der Waals surface area contributed by atoms with E-state index in [0.717, 1.165) is 12.8 Å². The third kappa shape index (κ3) is 5.36. The molecule has 0 radical (unpaired) electrons. The van der Waals surface area contributed by atoms with Crippen molar-refractivity contribution in [1.29, 1.82) is 0 Å². The number of carbonyl (C=O) groups is 2. The molecule has 2 amide bonds. The van der Waals surface area contributed by atoms with Crippen LogP contribution in [0.1, 0.15) is 29.8 Å². The molecule has 3 aromatic rings. The van der Waals surface area contributed by atoms with Gasteiger partial charge in [-0.15, -0.1) is 0 Å². The first kappa shape index (κ1) is 20.8. The zero-order valence-corrected chi connectivity index (χ0v) is 17.0. The number of amides is 2. The van der Waals surface area contributed by atoms with Gasteiger partial charge in [0.2, 0.25) is 5.91 Å². The number of rotatable bonds is 4. The Balaban J connectivity index is 0.000000334. The van der Waals surface area contributed by atoms with Gasteiger partial charge in [-0.2, -0.15) is 0 Å². The summed E-state index contributed by atoms with van der Waals surface area (Å²) in [6.45, 7) is 0.898. The largest absolute Gasteiger partial charge is 0.355 e. The van der Waals surface area contributed by atoms with E-state index in [0.29, 0.717) is 36.8 Å². The van der Waals surface area contributed by atoms with Crippen LogP contribution in [0.3, 0.4) is 0 Å². The number of nitrogens with zero attached hydrogens (tertiary/aromatic N) is 2. The van der Waals surface area contributed by atoms with Gasteiger partial charge in [-0.25, -0.2) is 4.39 Å². The van der Waals surface area contributed by atoms with Crippen molar-refractivity contribution < 1.29 is 18.5 Å². The summed E-state index contributed by atoms with van der Waals surface area (Å²) < 4.78 is 18.3. The molecule has 1 aliphatic carbocycles. The minimum absolute atomic E-state index is 0.103. The maximum Gasteiger partial charge on any atom is 0.276 e. The number of hydrogen-bond donors (Lipinski definition) is 1. The molecule has 2 aromatic carbocycles. The minimum Gasteiger partial charge on any atom is -0.355 e. The van der Waals surface area contributed by atoms with Crippen LogP contribution in [-0.2, 0) is 4.79 Å². The Morgan fingerprint density at radius 3 is 2.35 bits per heavy atom. The quantitative estimate of drug-likeness (QED) is 0.693. The van der Waals surface area contributed by atoms with Crippen molar-refractivity contribution in [2.75, 3.05) is 13.1 Å². The maximum atomic E-state index is 13.0. The second kappa shape index (κ2) is 9.55. The summed E-state index contributed by atoms with van der Waals surface area (Å²) in [6.07, 6.45) is 2.93. The van der Waals surface area contributed by atoms with Crippen LogP contribution in [0.15, 0.2) is 71.3 Å². The van der Waals surface area contributed by atoms with Gasteiger partial charge in [0, 0.05) is 24.7 Å². The van der Waals surface area contributed by atoms with Crippen LogP contribution in [0.4, 0.5) is 4.39 Å². The molecule has 0 spiro atoms. The van der Waals surface area contributed by atoms with Gasteiger partial charge < -0.3 is 14.7 Å². The normalized spacial score (nSPS) is 18.0. The zero-order chi connectivity index (χ0) is 21.6. The van der Waals surface area contributed by atoms with E-state index in [2.05, 4.69) is 10.5 Å². The Morgan fingerprint density at radius 1 is 1.10 bits per heavy atom. The van der Waals surface area contributed by atoms with Gasteiger partial charge in [0.25, 0.3) is 5.91 Å². The van der Waals surface area contributed by atoms with Crippen molar-refractivity contribution in [2.45, 2.75) is 25.3 Å². The van der Waals surface area contributed by atoms with E-state index in [1.54, 1.807) is 17.0 Å². The molecule has 1 unspecified atom stereocenters. The molecule has 7 heteroatoms. The van der Waals surface area contributed by atoms with E-state index in [9.17, 15) is 14.0 Å². The van der Waals surface area contributed by atoms with Gasteiger partial charge in [-0.1, -0.05) is 54.4 Å². The van der Waals surface area contributed by atoms with Gasteiger partial charge in [0.05, 0.1) is 0 Å². The lowest BCUT2D eigenvalue weighted by atomic mass is 10.0. The van der Waals surface area contributed by atoms with E-state index in [1.165, 1.54) is 18.2 Å². The molecule has 2 heterocycles. The molecule has 1 aliphatic heterocycles. The second-order valence-electron chi connectivity index (χ2n) is 7.72. The Kier molecular flexibility index (Phi) is 6.40. The van der Waals surface area contributed by atoms with Crippen LogP contribution in [0, 0.1) is 11.7 Å². The number of hydrogen-bond acceptors (Lipinski definition) is 4. The zero-order valence-electron chi connectivity index (χ0n) is 17.0. The molecule has 2 fully saturated rings. The fraction of sp³-hybridized carbons (Fsp3) is 0.292. The summed E-state index contributed by atoms with van der Waals surface area (Å²) in [7, 11) is 0. The molecule has 1 saturated carbocycles. The summed E-state index contributed by atoms with van der Waals surface area (Å²) in [6, 6.07) is 18.9. The fourth-order valence-electron chi connectivity index (χ4n) is 3.52. The molecule has 1 saturated heterocycles. The highest BCUT2D eigenvalue weighted by Gasteiger charge is 2.38. The molecule has 1 atom stereocenters. The lowest BCUT2D eigenvalue weighted by Gasteiger charge is -2.34. The van der Waals surface area contributed by atoms with E-state index in [4.69, 9.17) is 4.52 Å². The monoisotopic (exact) mass is 421 g/mol. The molecule has 160 valence electrons. The van der Waals surface area contributed by atoms with Gasteiger partial charge in [-0.05, 0) is 36.6 Å². The van der Waals surface area contributed by atoms with Crippen molar-refractivity contribution >= 4 is 11.8 Å². The van der Waals surface area contributed by atoms with Crippen molar-refractivity contribution in [2.24, 2.45) is 5.92 Å². The van der Waals surface area contributed by atoms with Crippen LogP contribution in [0.2, 0.25) is 0 Å². The molecule has 2 aliphatic rings. The maximum absolute atomic E-state index is 13.0. The molecular formula is C24H24FN3O3. The highest BCUT2D eigenvalue weighted by atomic mass is 19.1. The van der Waals surface area contributed by atoms with Crippen LogP contribution in [0.5, 0.6) is 0 Å². The van der Waals surface area contributed by atoms with E-state index < -0.39 is 6.04 Å². The standard InChI is InChI=1S/C18H18FN3O3.C6H6/c19-13-5-3-12(4-6-13)16-10-14(21-25-16)18(24)22-8-7-20-17(23)15(22)9-11-1-2-11;1-2-4-6-5-3-1/h3-6,10-11,15H,1-2,7-9H2,(H,20,23);1-6H. The summed E-state index contributed by atoms with van der Waals surface area (Å²) in [4.78, 5) is 26.6. The number of aromatic nitrogens is 1. The number of carbonyl (C=O) groups excluding carboxylic acids is 2. The average Bonchev–Trinajstić information content (AvgIpc) is 3.49. The van der Waals surface area contributed by atoms with Crippen LogP contribution in [-0.4, -0.2) is 41.0 Å². The smallest absolute Gasteiger partial charge is 0.276 e. The first-order valence-electron chi connectivity index (χ1n) is 10.4. The summed E-state index contributed by atoms with van der Waals surface area (Å²) >= 11 is 0. The van der Waals surface area contributed by atoms with Crippen LogP contribution in [0.25, 0.3) is 11.3 Å². The van der Waals surface area contributed by atoms with Crippen molar-refractivity contribution in [1.82, 2.24) is 15.4 Å². The van der Waals surface area contributed by atoms with E-state index >= 15 is 0 Å². The predicted molar refractivity (Wildman–Crippen MR) is 114 cm³/mol. The van der Waals surface area contributed by atoms with Crippen molar-refractivity contribution in [3.63, 3.8) is 0 Å². The van der Waals surface area contributed by atoms with E-state index in [-0.39, 0.29) is 23.3 Å². The molecule has 1 aromatic heterocycles. The molecular weight excluding hydrogens is 397 g/mol. The Hall–Kier alpha value is -3.48. The van der Waals surface area contributed by atoms with Gasteiger partial charge in [-0.3, -0.25) is 9.59 Å². The van der Waals surface area contributed by atoms with Crippen LogP contribution < -0.4 is 5.32 Å². The Morgan fingerprint density at radius 2 is 1.74 bits per heavy atom. The van der Waals surface area contributed by atoms with E-state index in [1.807, 2.05) is 36.4 Å². The summed E-state index contributed by atoms with van der Waals surface area (Å²) in [5.74, 6) is 0.160. The van der Waals surface area contributed by atoms with Crippen LogP contribution >= 0.6 is 0 Å². The average molecular weight is 421 g/mol. The van der Waals surface area contributed by atoms with Gasteiger partial charge in [0.1, 0.15) is 11.9 Å². The highest BCUT2D eigenvalue weighted by molar-refractivity contribution is 5.97. The Labute approximate surface area is 180 Å². The molecule has 6 nitrogen and oxygen atoms in total. The third-order valence-electron chi connectivity index (χ3n) is 5.37. The number of nitrogens with one attached hydrogen (secondary N) is 1. The predicted octanol–water partition coefficient (Wildman–Crippen LogP) is 3.91. The first-order valence-corrected chi connectivity index (χ1v) is 10.4.